The third-order valence-corrected chi connectivity index (χ3v) is 4.14. The highest BCUT2D eigenvalue weighted by Gasteiger charge is 2.09. The number of carbonyl (C=O) groups is 1. The molecule has 2 amide bonds. The van der Waals surface area contributed by atoms with Crippen LogP contribution in [0.5, 0.6) is 0 Å². The van der Waals surface area contributed by atoms with E-state index in [-0.39, 0.29) is 6.03 Å². The number of thiazole rings is 1. The molecule has 2 rings (SSSR count). The number of urea groups is 1. The highest BCUT2D eigenvalue weighted by molar-refractivity contribution is 7.13. The molecule has 0 radical (unpaired) electrons. The SMILES string of the molecule is CCN(C)c1ccccc1NC(=O)NCc1csc(NC)n1. The molecule has 1 aromatic heterocycles. The van der Waals surface area contributed by atoms with E-state index in [1.54, 1.807) is 0 Å². The molecule has 0 aliphatic heterocycles. The number of carbonyl (C=O) groups excluding carboxylic acids is 1. The molecule has 0 saturated carbocycles. The summed E-state index contributed by atoms with van der Waals surface area (Å²) in [5.41, 5.74) is 2.62. The zero-order valence-corrected chi connectivity index (χ0v) is 13.8. The Kier molecular flexibility index (Phi) is 5.60. The molecule has 22 heavy (non-hydrogen) atoms. The standard InChI is InChI=1S/C15H21N5OS/c1-4-20(3)13-8-6-5-7-12(13)19-14(21)17-9-11-10-22-15(16-2)18-11/h5-8,10H,4,9H2,1-3H3,(H,16,18)(H2,17,19,21). The molecule has 3 N–H and O–H groups in total. The van der Waals surface area contributed by atoms with Crippen molar-refractivity contribution in [2.75, 3.05) is 36.2 Å². The topological polar surface area (TPSA) is 69.3 Å². The lowest BCUT2D eigenvalue weighted by Crippen LogP contribution is -2.29. The Labute approximate surface area is 134 Å². The quantitative estimate of drug-likeness (QED) is 0.765. The first-order chi connectivity index (χ1) is 10.6. The summed E-state index contributed by atoms with van der Waals surface area (Å²) in [7, 11) is 3.82. The zero-order valence-electron chi connectivity index (χ0n) is 13.0. The highest BCUT2D eigenvalue weighted by Crippen LogP contribution is 2.24. The molecule has 6 nitrogen and oxygen atoms in total. The first-order valence-electron chi connectivity index (χ1n) is 7.11. The minimum absolute atomic E-state index is 0.240. The monoisotopic (exact) mass is 319 g/mol. The van der Waals surface area contributed by atoms with Crippen molar-refractivity contribution < 1.29 is 4.79 Å². The maximum atomic E-state index is 12.0. The summed E-state index contributed by atoms with van der Waals surface area (Å²) < 4.78 is 0. The Morgan fingerprint density at radius 1 is 1.36 bits per heavy atom. The van der Waals surface area contributed by atoms with Crippen molar-refractivity contribution in [3.8, 4) is 0 Å². The highest BCUT2D eigenvalue weighted by atomic mass is 32.1. The van der Waals surface area contributed by atoms with E-state index in [1.807, 2.05) is 43.7 Å². The summed E-state index contributed by atoms with van der Waals surface area (Å²) in [6.07, 6.45) is 0. The summed E-state index contributed by atoms with van der Waals surface area (Å²) in [5.74, 6) is 0. The molecule has 0 bridgehead atoms. The van der Waals surface area contributed by atoms with Gasteiger partial charge >= 0.3 is 6.03 Å². The van der Waals surface area contributed by atoms with E-state index >= 15 is 0 Å². The van der Waals surface area contributed by atoms with E-state index in [0.29, 0.717) is 6.54 Å². The van der Waals surface area contributed by atoms with Crippen LogP contribution in [-0.4, -0.2) is 31.7 Å². The predicted molar refractivity (Wildman–Crippen MR) is 92.9 cm³/mol. The van der Waals surface area contributed by atoms with Gasteiger partial charge in [-0.3, -0.25) is 0 Å². The van der Waals surface area contributed by atoms with Crippen LogP contribution in [0.2, 0.25) is 0 Å². The molecule has 0 aliphatic carbocycles. The number of nitrogens with one attached hydrogen (secondary N) is 3. The largest absolute Gasteiger partial charge is 0.373 e. The van der Waals surface area contributed by atoms with Gasteiger partial charge in [-0.15, -0.1) is 11.3 Å². The molecule has 0 unspecified atom stereocenters. The van der Waals surface area contributed by atoms with Gasteiger partial charge in [0.15, 0.2) is 5.13 Å². The van der Waals surface area contributed by atoms with Crippen LogP contribution in [0.4, 0.5) is 21.3 Å². The van der Waals surface area contributed by atoms with Crippen LogP contribution in [0.25, 0.3) is 0 Å². The number of nitrogens with zero attached hydrogens (tertiary/aromatic N) is 2. The van der Waals surface area contributed by atoms with Crippen molar-refractivity contribution >= 4 is 33.9 Å². The van der Waals surface area contributed by atoms with Gasteiger partial charge in [-0.1, -0.05) is 12.1 Å². The Morgan fingerprint density at radius 2 is 2.14 bits per heavy atom. The molecule has 0 saturated heterocycles. The fraction of sp³-hybridized carbons (Fsp3) is 0.333. The molecular weight excluding hydrogens is 298 g/mol. The van der Waals surface area contributed by atoms with Crippen LogP contribution in [0.15, 0.2) is 29.6 Å². The minimum atomic E-state index is -0.240. The second-order valence-electron chi connectivity index (χ2n) is 4.73. The average molecular weight is 319 g/mol. The molecule has 0 atom stereocenters. The van der Waals surface area contributed by atoms with Gasteiger partial charge in [0.25, 0.3) is 0 Å². The van der Waals surface area contributed by atoms with Crippen LogP contribution in [-0.2, 0) is 6.54 Å². The predicted octanol–water partition coefficient (Wildman–Crippen LogP) is 2.96. The Balaban J connectivity index is 1.94. The van der Waals surface area contributed by atoms with E-state index in [0.717, 1.165) is 28.7 Å². The molecule has 1 aromatic carbocycles. The van der Waals surface area contributed by atoms with Gasteiger partial charge in [0.1, 0.15) is 0 Å². The number of hydrogen-bond acceptors (Lipinski definition) is 5. The molecule has 118 valence electrons. The third-order valence-electron chi connectivity index (χ3n) is 3.23. The van der Waals surface area contributed by atoms with E-state index in [2.05, 4.69) is 32.8 Å². The zero-order chi connectivity index (χ0) is 15.9. The Hall–Kier alpha value is -2.28. The molecule has 7 heteroatoms. The number of para-hydroxylation sites is 2. The Morgan fingerprint density at radius 3 is 2.82 bits per heavy atom. The first kappa shape index (κ1) is 16.1. The molecule has 0 fully saturated rings. The number of hydrogen-bond donors (Lipinski definition) is 3. The fourth-order valence-electron chi connectivity index (χ4n) is 1.92. The van der Waals surface area contributed by atoms with Crippen molar-refractivity contribution in [3.05, 3.63) is 35.3 Å². The van der Waals surface area contributed by atoms with Gasteiger partial charge in [-0.05, 0) is 19.1 Å². The lowest BCUT2D eigenvalue weighted by molar-refractivity contribution is 0.251. The van der Waals surface area contributed by atoms with Gasteiger partial charge < -0.3 is 20.9 Å². The van der Waals surface area contributed by atoms with Crippen LogP contribution in [0.3, 0.4) is 0 Å². The summed E-state index contributed by atoms with van der Waals surface area (Å²) in [6.45, 7) is 3.33. The molecule has 2 aromatic rings. The molecule has 0 spiro atoms. The lowest BCUT2D eigenvalue weighted by Gasteiger charge is -2.20. The molecule has 0 aliphatic rings. The number of rotatable bonds is 6. The van der Waals surface area contributed by atoms with E-state index < -0.39 is 0 Å². The summed E-state index contributed by atoms with van der Waals surface area (Å²) in [4.78, 5) is 18.4. The van der Waals surface area contributed by atoms with Gasteiger partial charge in [0.05, 0.1) is 23.6 Å². The first-order valence-corrected chi connectivity index (χ1v) is 7.99. The van der Waals surface area contributed by atoms with E-state index in [4.69, 9.17) is 0 Å². The number of amides is 2. The van der Waals surface area contributed by atoms with Crippen LogP contribution >= 0.6 is 11.3 Å². The average Bonchev–Trinajstić information content (AvgIpc) is 3.01. The van der Waals surface area contributed by atoms with Crippen LogP contribution in [0, 0.1) is 0 Å². The third kappa shape index (κ3) is 4.11. The normalized spacial score (nSPS) is 10.1. The van der Waals surface area contributed by atoms with Gasteiger partial charge in [0.2, 0.25) is 0 Å². The summed E-state index contributed by atoms with van der Waals surface area (Å²) in [5, 5.41) is 11.4. The number of benzene rings is 1. The van der Waals surface area contributed by atoms with Gasteiger partial charge in [0, 0.05) is 26.0 Å². The second kappa shape index (κ2) is 7.65. The number of aromatic nitrogens is 1. The van der Waals surface area contributed by atoms with Crippen molar-refractivity contribution in [1.29, 1.82) is 0 Å². The smallest absolute Gasteiger partial charge is 0.319 e. The van der Waals surface area contributed by atoms with Crippen molar-refractivity contribution in [2.45, 2.75) is 13.5 Å². The van der Waals surface area contributed by atoms with Gasteiger partial charge in [-0.2, -0.15) is 0 Å². The van der Waals surface area contributed by atoms with E-state index in [1.165, 1.54) is 11.3 Å². The Bertz CT molecular complexity index is 628. The molecular formula is C15H21N5OS. The summed E-state index contributed by atoms with van der Waals surface area (Å²) >= 11 is 1.51. The van der Waals surface area contributed by atoms with Crippen molar-refractivity contribution in [1.82, 2.24) is 10.3 Å². The van der Waals surface area contributed by atoms with E-state index in [9.17, 15) is 4.79 Å². The second-order valence-corrected chi connectivity index (χ2v) is 5.59. The van der Waals surface area contributed by atoms with Crippen molar-refractivity contribution in [2.24, 2.45) is 0 Å². The lowest BCUT2D eigenvalue weighted by atomic mass is 10.2. The van der Waals surface area contributed by atoms with Gasteiger partial charge in [-0.25, -0.2) is 9.78 Å². The maximum absolute atomic E-state index is 12.0. The maximum Gasteiger partial charge on any atom is 0.319 e. The molecule has 1 heterocycles. The summed E-state index contributed by atoms with van der Waals surface area (Å²) in [6, 6.07) is 7.50. The van der Waals surface area contributed by atoms with Crippen LogP contribution in [0.1, 0.15) is 12.6 Å². The van der Waals surface area contributed by atoms with Crippen molar-refractivity contribution in [3.63, 3.8) is 0 Å². The van der Waals surface area contributed by atoms with Crippen LogP contribution < -0.4 is 20.9 Å². The fourth-order valence-corrected chi connectivity index (χ4v) is 2.59. The number of anilines is 3. The minimum Gasteiger partial charge on any atom is -0.373 e.